The van der Waals surface area contributed by atoms with Crippen LogP contribution in [-0.4, -0.2) is 18.1 Å². The molecule has 0 saturated carbocycles. The average molecular weight is 225 g/mol. The van der Waals surface area contributed by atoms with Crippen LogP contribution in [0, 0.1) is 6.92 Å². The van der Waals surface area contributed by atoms with Crippen molar-refractivity contribution in [2.24, 2.45) is 0 Å². The molecule has 0 aromatic carbocycles. The van der Waals surface area contributed by atoms with Gasteiger partial charge in [0, 0.05) is 24.7 Å². The number of hydrogen-bond donors (Lipinski definition) is 0. The van der Waals surface area contributed by atoms with Crippen molar-refractivity contribution in [2.45, 2.75) is 32.1 Å². The maximum atomic E-state index is 5.82. The van der Waals surface area contributed by atoms with Crippen molar-refractivity contribution >= 4 is 17.4 Å². The molecule has 2 nitrogen and oxygen atoms in total. The topological polar surface area (TPSA) is 16.1 Å². The molecule has 0 radical (unpaired) electrons. The summed E-state index contributed by atoms with van der Waals surface area (Å²) in [6.45, 7) is 4.32. The van der Waals surface area contributed by atoms with Crippen LogP contribution >= 0.6 is 11.6 Å². The lowest BCUT2D eigenvalue weighted by molar-refractivity contribution is 0.573. The molecule has 15 heavy (non-hydrogen) atoms. The third-order valence-electron chi connectivity index (χ3n) is 3.00. The molecule has 0 unspecified atom stereocenters. The fraction of sp³-hybridized carbons (Fsp3) is 0.583. The van der Waals surface area contributed by atoms with Gasteiger partial charge in [0.25, 0.3) is 0 Å². The van der Waals surface area contributed by atoms with Crippen LogP contribution in [0.25, 0.3) is 0 Å². The Morgan fingerprint density at radius 2 is 2.00 bits per heavy atom. The van der Waals surface area contributed by atoms with Crippen LogP contribution in [0.5, 0.6) is 0 Å². The molecule has 0 bridgehead atoms. The van der Waals surface area contributed by atoms with Crippen LogP contribution in [0.1, 0.15) is 30.5 Å². The van der Waals surface area contributed by atoms with Gasteiger partial charge >= 0.3 is 0 Å². The van der Waals surface area contributed by atoms with Gasteiger partial charge in [-0.1, -0.05) is 6.07 Å². The van der Waals surface area contributed by atoms with Gasteiger partial charge in [0.15, 0.2) is 0 Å². The molecule has 0 amide bonds. The van der Waals surface area contributed by atoms with Gasteiger partial charge in [-0.25, -0.2) is 4.98 Å². The quantitative estimate of drug-likeness (QED) is 0.718. The molecule has 0 atom stereocenters. The van der Waals surface area contributed by atoms with E-state index in [0.717, 1.165) is 30.2 Å². The smallest absolute Gasteiger partial charge is 0.128 e. The summed E-state index contributed by atoms with van der Waals surface area (Å²) in [5, 5.41) is 0. The van der Waals surface area contributed by atoms with E-state index >= 15 is 0 Å². The molecule has 2 rings (SSSR count). The summed E-state index contributed by atoms with van der Waals surface area (Å²) in [7, 11) is 0. The lowest BCUT2D eigenvalue weighted by Gasteiger charge is -2.28. The van der Waals surface area contributed by atoms with Crippen molar-refractivity contribution in [1.29, 1.82) is 0 Å². The molecular weight excluding hydrogens is 208 g/mol. The molecule has 1 aliphatic rings. The number of nitrogens with zero attached hydrogens (tertiary/aromatic N) is 2. The van der Waals surface area contributed by atoms with E-state index in [1.807, 2.05) is 6.92 Å². The molecule has 0 spiro atoms. The Morgan fingerprint density at radius 3 is 2.60 bits per heavy atom. The number of halogens is 1. The molecule has 3 heteroatoms. The summed E-state index contributed by atoms with van der Waals surface area (Å²) >= 11 is 5.82. The first-order valence-electron chi connectivity index (χ1n) is 5.58. The zero-order valence-corrected chi connectivity index (χ0v) is 9.93. The highest BCUT2D eigenvalue weighted by molar-refractivity contribution is 6.17. The van der Waals surface area contributed by atoms with Crippen molar-refractivity contribution in [1.82, 2.24) is 4.98 Å². The highest BCUT2D eigenvalue weighted by Gasteiger charge is 2.12. The Hall–Kier alpha value is -0.760. The number of rotatable bonds is 2. The number of anilines is 1. The summed E-state index contributed by atoms with van der Waals surface area (Å²) in [5.41, 5.74) is 2.20. The maximum Gasteiger partial charge on any atom is 0.128 e. The Bertz CT molecular complexity index is 332. The lowest BCUT2D eigenvalue weighted by Crippen LogP contribution is -2.30. The van der Waals surface area contributed by atoms with Crippen molar-refractivity contribution < 1.29 is 0 Å². The third-order valence-corrected chi connectivity index (χ3v) is 3.29. The van der Waals surface area contributed by atoms with Crippen molar-refractivity contribution in [3.05, 3.63) is 23.4 Å². The van der Waals surface area contributed by atoms with Crippen molar-refractivity contribution in [3.8, 4) is 0 Å². The zero-order chi connectivity index (χ0) is 10.7. The molecule has 0 N–H and O–H groups in total. The number of piperidine rings is 1. The first-order valence-corrected chi connectivity index (χ1v) is 6.12. The van der Waals surface area contributed by atoms with E-state index in [-0.39, 0.29) is 0 Å². The van der Waals surface area contributed by atoms with Crippen LogP contribution in [-0.2, 0) is 5.88 Å². The summed E-state index contributed by atoms with van der Waals surface area (Å²) in [4.78, 5) is 6.98. The molecule has 1 fully saturated rings. The molecule has 1 aliphatic heterocycles. The van der Waals surface area contributed by atoms with Gasteiger partial charge in [-0.3, -0.25) is 0 Å². The van der Waals surface area contributed by atoms with E-state index in [2.05, 4.69) is 22.0 Å². The highest BCUT2D eigenvalue weighted by atomic mass is 35.5. The van der Waals surface area contributed by atoms with Gasteiger partial charge in [0.1, 0.15) is 5.82 Å². The Labute approximate surface area is 96.3 Å². The fourth-order valence-corrected chi connectivity index (χ4v) is 2.30. The molecule has 82 valence electrons. The van der Waals surface area contributed by atoms with E-state index in [1.54, 1.807) is 0 Å². The van der Waals surface area contributed by atoms with E-state index in [1.165, 1.54) is 19.3 Å². The molecule has 2 heterocycles. The van der Waals surface area contributed by atoms with E-state index in [9.17, 15) is 0 Å². The minimum atomic E-state index is 0.555. The molecule has 0 aliphatic carbocycles. The predicted octanol–water partition coefficient (Wildman–Crippen LogP) is 3.12. The Kier molecular flexibility index (Phi) is 3.47. The van der Waals surface area contributed by atoms with Gasteiger partial charge in [-0.05, 0) is 37.8 Å². The number of hydrogen-bond acceptors (Lipinski definition) is 2. The van der Waals surface area contributed by atoms with Crippen LogP contribution in [0.15, 0.2) is 12.1 Å². The van der Waals surface area contributed by atoms with Gasteiger partial charge in [-0.15, -0.1) is 11.6 Å². The Morgan fingerprint density at radius 1 is 1.27 bits per heavy atom. The van der Waals surface area contributed by atoms with Crippen molar-refractivity contribution in [2.75, 3.05) is 18.0 Å². The summed E-state index contributed by atoms with van der Waals surface area (Å²) in [6.07, 6.45) is 3.94. The minimum Gasteiger partial charge on any atom is -0.357 e. The molecule has 1 saturated heterocycles. The maximum absolute atomic E-state index is 5.82. The Balaban J connectivity index is 2.17. The van der Waals surface area contributed by atoms with Crippen molar-refractivity contribution in [3.63, 3.8) is 0 Å². The zero-order valence-electron chi connectivity index (χ0n) is 9.17. The average Bonchev–Trinajstić information content (AvgIpc) is 2.30. The van der Waals surface area contributed by atoms with Gasteiger partial charge in [-0.2, -0.15) is 0 Å². The van der Waals surface area contributed by atoms with Gasteiger partial charge < -0.3 is 4.90 Å². The SMILES string of the molecule is Cc1nc(N2CCCCC2)ccc1CCl. The fourth-order valence-electron chi connectivity index (χ4n) is 2.02. The van der Waals surface area contributed by atoms with Crippen LogP contribution in [0.3, 0.4) is 0 Å². The minimum absolute atomic E-state index is 0.555. The van der Waals surface area contributed by atoms with E-state index in [4.69, 9.17) is 11.6 Å². The van der Waals surface area contributed by atoms with Crippen LogP contribution in [0.2, 0.25) is 0 Å². The second-order valence-corrected chi connectivity index (χ2v) is 4.36. The normalized spacial score (nSPS) is 16.8. The van der Waals surface area contributed by atoms with E-state index in [0.29, 0.717) is 5.88 Å². The second-order valence-electron chi connectivity index (χ2n) is 4.10. The number of aryl methyl sites for hydroxylation is 1. The largest absolute Gasteiger partial charge is 0.357 e. The molecule has 1 aromatic heterocycles. The molecular formula is C12H17ClN2. The highest BCUT2D eigenvalue weighted by Crippen LogP contribution is 2.19. The monoisotopic (exact) mass is 224 g/mol. The predicted molar refractivity (Wildman–Crippen MR) is 64.6 cm³/mol. The number of alkyl halides is 1. The standard InChI is InChI=1S/C12H17ClN2/c1-10-11(9-13)5-6-12(14-10)15-7-3-2-4-8-15/h5-6H,2-4,7-9H2,1H3. The first-order chi connectivity index (χ1) is 7.31. The van der Waals surface area contributed by atoms with Gasteiger partial charge in [0.2, 0.25) is 0 Å². The molecule has 1 aromatic rings. The first kappa shape index (κ1) is 10.7. The number of pyridine rings is 1. The number of aromatic nitrogens is 1. The summed E-state index contributed by atoms with van der Waals surface area (Å²) < 4.78 is 0. The van der Waals surface area contributed by atoms with Crippen LogP contribution < -0.4 is 4.90 Å². The van der Waals surface area contributed by atoms with Crippen LogP contribution in [0.4, 0.5) is 5.82 Å². The third kappa shape index (κ3) is 2.43. The lowest BCUT2D eigenvalue weighted by atomic mass is 10.1. The van der Waals surface area contributed by atoms with E-state index < -0.39 is 0 Å². The second kappa shape index (κ2) is 4.84. The summed E-state index contributed by atoms with van der Waals surface area (Å²) in [5.74, 6) is 1.67. The van der Waals surface area contributed by atoms with Gasteiger partial charge in [0.05, 0.1) is 0 Å². The summed E-state index contributed by atoms with van der Waals surface area (Å²) in [6, 6.07) is 4.19.